The summed E-state index contributed by atoms with van der Waals surface area (Å²) < 4.78 is 11.1. The first-order chi connectivity index (χ1) is 8.40. The van der Waals surface area contributed by atoms with Gasteiger partial charge in [0.25, 0.3) is 0 Å². The molecule has 2 unspecified atom stereocenters. The van der Waals surface area contributed by atoms with Crippen molar-refractivity contribution in [3.63, 3.8) is 0 Å². The van der Waals surface area contributed by atoms with Crippen LogP contribution in [0.15, 0.2) is 0 Å². The summed E-state index contributed by atoms with van der Waals surface area (Å²) in [5.41, 5.74) is 0. The Balaban J connectivity index is 1.75. The minimum Gasteiger partial charge on any atom is -0.380 e. The molecule has 2 fully saturated rings. The van der Waals surface area contributed by atoms with Crippen molar-refractivity contribution in [2.24, 2.45) is 5.92 Å². The number of nitrogens with one attached hydrogen (secondary N) is 1. The molecule has 2 aliphatic heterocycles. The molecule has 0 aromatic heterocycles. The Kier molecular flexibility index (Phi) is 5.71. The molecule has 0 amide bonds. The maximum Gasteiger partial charge on any atom is 0.0623 e. The molecule has 2 heterocycles. The minimum atomic E-state index is 0.555. The highest BCUT2D eigenvalue weighted by molar-refractivity contribution is 4.83. The minimum absolute atomic E-state index is 0.555. The molecule has 0 aromatic rings. The van der Waals surface area contributed by atoms with Gasteiger partial charge in [0.1, 0.15) is 0 Å². The predicted octanol–water partition coefficient (Wildman–Crippen LogP) is 0.723. The van der Waals surface area contributed by atoms with Crippen LogP contribution in [0.3, 0.4) is 0 Å². The molecule has 1 N–H and O–H groups in total. The van der Waals surface area contributed by atoms with Gasteiger partial charge in [-0.05, 0) is 19.4 Å². The van der Waals surface area contributed by atoms with E-state index in [9.17, 15) is 0 Å². The predicted molar refractivity (Wildman–Crippen MR) is 68.3 cm³/mol. The number of ether oxygens (including phenoxy) is 2. The molecule has 0 radical (unpaired) electrons. The summed E-state index contributed by atoms with van der Waals surface area (Å²) in [4.78, 5) is 2.53. The molecule has 2 atom stereocenters. The molecule has 2 rings (SSSR count). The monoisotopic (exact) mass is 242 g/mol. The van der Waals surface area contributed by atoms with Crippen LogP contribution in [-0.4, -0.2) is 63.5 Å². The summed E-state index contributed by atoms with van der Waals surface area (Å²) in [7, 11) is 0. The van der Waals surface area contributed by atoms with Crippen LogP contribution in [-0.2, 0) is 9.47 Å². The molecule has 0 bridgehead atoms. The fourth-order valence-corrected chi connectivity index (χ4v) is 2.65. The molecule has 2 saturated heterocycles. The lowest BCUT2D eigenvalue weighted by atomic mass is 10.0. The number of rotatable bonds is 5. The first-order valence-electron chi connectivity index (χ1n) is 7.01. The molecule has 4 heteroatoms. The van der Waals surface area contributed by atoms with Crippen LogP contribution >= 0.6 is 0 Å². The van der Waals surface area contributed by atoms with Crippen LogP contribution in [0.1, 0.15) is 19.8 Å². The molecule has 0 aromatic carbocycles. The van der Waals surface area contributed by atoms with Crippen LogP contribution in [0.5, 0.6) is 0 Å². The maximum absolute atomic E-state index is 5.62. The Morgan fingerprint density at radius 3 is 3.00 bits per heavy atom. The first kappa shape index (κ1) is 13.3. The van der Waals surface area contributed by atoms with Crippen LogP contribution in [0.4, 0.5) is 0 Å². The molecule has 2 aliphatic rings. The Hall–Kier alpha value is -0.160. The zero-order valence-corrected chi connectivity index (χ0v) is 11.0. The SMILES string of the molecule is CCCNC1COCC1CN1CCCOCC1. The standard InChI is InChI=1S/C13H26N2O2/c1-2-4-14-13-11-17-10-12(13)9-15-5-3-7-16-8-6-15/h12-14H,2-11H2,1H3. The largest absolute Gasteiger partial charge is 0.380 e. The lowest BCUT2D eigenvalue weighted by Crippen LogP contribution is -2.42. The van der Waals surface area contributed by atoms with Crippen molar-refractivity contribution < 1.29 is 9.47 Å². The molecule has 0 spiro atoms. The maximum atomic E-state index is 5.62. The summed E-state index contributed by atoms with van der Waals surface area (Å²) in [6, 6.07) is 0.555. The second-order valence-electron chi connectivity index (χ2n) is 5.12. The highest BCUT2D eigenvalue weighted by atomic mass is 16.5. The summed E-state index contributed by atoms with van der Waals surface area (Å²) in [5.74, 6) is 0.652. The average Bonchev–Trinajstić information content (AvgIpc) is 2.61. The van der Waals surface area contributed by atoms with Gasteiger partial charge in [0.05, 0.1) is 19.8 Å². The summed E-state index contributed by atoms with van der Waals surface area (Å²) >= 11 is 0. The highest BCUT2D eigenvalue weighted by Crippen LogP contribution is 2.16. The van der Waals surface area contributed by atoms with Crippen molar-refractivity contribution in [2.75, 3.05) is 52.6 Å². The van der Waals surface area contributed by atoms with E-state index in [0.29, 0.717) is 12.0 Å². The van der Waals surface area contributed by atoms with Crippen molar-refractivity contribution in [3.05, 3.63) is 0 Å². The Morgan fingerprint density at radius 2 is 2.12 bits per heavy atom. The number of hydrogen-bond donors (Lipinski definition) is 1. The summed E-state index contributed by atoms with van der Waals surface area (Å²) in [5, 5.41) is 3.60. The van der Waals surface area contributed by atoms with E-state index in [0.717, 1.165) is 46.1 Å². The summed E-state index contributed by atoms with van der Waals surface area (Å²) in [6.07, 6.45) is 2.36. The third kappa shape index (κ3) is 4.21. The first-order valence-corrected chi connectivity index (χ1v) is 7.01. The average molecular weight is 242 g/mol. The van der Waals surface area contributed by atoms with Gasteiger partial charge < -0.3 is 19.7 Å². The Morgan fingerprint density at radius 1 is 1.18 bits per heavy atom. The fourth-order valence-electron chi connectivity index (χ4n) is 2.65. The van der Waals surface area contributed by atoms with Gasteiger partial charge in [-0.25, -0.2) is 0 Å². The van der Waals surface area contributed by atoms with E-state index in [1.165, 1.54) is 19.4 Å². The molecular weight excluding hydrogens is 216 g/mol. The number of nitrogens with zero attached hydrogens (tertiary/aromatic N) is 1. The zero-order valence-electron chi connectivity index (χ0n) is 11.0. The van der Waals surface area contributed by atoms with Gasteiger partial charge in [-0.2, -0.15) is 0 Å². The van der Waals surface area contributed by atoms with E-state index in [2.05, 4.69) is 17.1 Å². The van der Waals surface area contributed by atoms with Crippen molar-refractivity contribution >= 4 is 0 Å². The van der Waals surface area contributed by atoms with E-state index in [-0.39, 0.29) is 0 Å². The van der Waals surface area contributed by atoms with Gasteiger partial charge in [-0.15, -0.1) is 0 Å². The lowest BCUT2D eigenvalue weighted by molar-refractivity contribution is 0.134. The molecule has 17 heavy (non-hydrogen) atoms. The third-order valence-corrected chi connectivity index (χ3v) is 3.66. The summed E-state index contributed by atoms with van der Waals surface area (Å²) in [6.45, 7) is 10.3. The molecule has 4 nitrogen and oxygen atoms in total. The van der Waals surface area contributed by atoms with Gasteiger partial charge in [0.2, 0.25) is 0 Å². The lowest BCUT2D eigenvalue weighted by Gasteiger charge is -2.26. The second-order valence-corrected chi connectivity index (χ2v) is 5.12. The Labute approximate surface area is 105 Å². The van der Waals surface area contributed by atoms with E-state index in [1.807, 2.05) is 0 Å². The van der Waals surface area contributed by atoms with Crippen LogP contribution in [0, 0.1) is 5.92 Å². The van der Waals surface area contributed by atoms with E-state index >= 15 is 0 Å². The molecular formula is C13H26N2O2. The molecule has 0 aliphatic carbocycles. The van der Waals surface area contributed by atoms with E-state index < -0.39 is 0 Å². The number of hydrogen-bond acceptors (Lipinski definition) is 4. The van der Waals surface area contributed by atoms with Gasteiger partial charge in [0.15, 0.2) is 0 Å². The van der Waals surface area contributed by atoms with E-state index in [1.54, 1.807) is 0 Å². The fraction of sp³-hybridized carbons (Fsp3) is 1.00. The highest BCUT2D eigenvalue weighted by Gasteiger charge is 2.29. The van der Waals surface area contributed by atoms with Crippen LogP contribution < -0.4 is 5.32 Å². The van der Waals surface area contributed by atoms with Crippen molar-refractivity contribution in [2.45, 2.75) is 25.8 Å². The molecule has 100 valence electrons. The van der Waals surface area contributed by atoms with Crippen LogP contribution in [0.2, 0.25) is 0 Å². The second kappa shape index (κ2) is 7.31. The van der Waals surface area contributed by atoms with Crippen molar-refractivity contribution in [1.82, 2.24) is 10.2 Å². The van der Waals surface area contributed by atoms with Crippen molar-refractivity contribution in [1.29, 1.82) is 0 Å². The van der Waals surface area contributed by atoms with Gasteiger partial charge in [0, 0.05) is 38.2 Å². The quantitative estimate of drug-likeness (QED) is 0.770. The van der Waals surface area contributed by atoms with Gasteiger partial charge in [-0.1, -0.05) is 6.92 Å². The third-order valence-electron chi connectivity index (χ3n) is 3.66. The van der Waals surface area contributed by atoms with Gasteiger partial charge >= 0.3 is 0 Å². The smallest absolute Gasteiger partial charge is 0.0623 e. The molecule has 0 saturated carbocycles. The van der Waals surface area contributed by atoms with E-state index in [4.69, 9.17) is 9.47 Å². The topological polar surface area (TPSA) is 33.7 Å². The Bertz CT molecular complexity index is 206. The van der Waals surface area contributed by atoms with Crippen molar-refractivity contribution in [3.8, 4) is 0 Å². The zero-order chi connectivity index (χ0) is 11.9. The van der Waals surface area contributed by atoms with Gasteiger partial charge in [-0.3, -0.25) is 0 Å². The normalized spacial score (nSPS) is 31.6. The van der Waals surface area contributed by atoms with Crippen LogP contribution in [0.25, 0.3) is 0 Å².